The summed E-state index contributed by atoms with van der Waals surface area (Å²) in [5.74, 6) is 0.419. The average Bonchev–Trinajstić information content (AvgIpc) is 2.47. The first-order valence-electron chi connectivity index (χ1n) is 6.41. The van der Waals surface area contributed by atoms with Gasteiger partial charge in [0.15, 0.2) is 11.5 Å². The van der Waals surface area contributed by atoms with Crippen LogP contribution in [0.4, 0.5) is 0 Å². The minimum Gasteiger partial charge on any atom is -0.493 e. The van der Waals surface area contributed by atoms with Crippen LogP contribution in [0.15, 0.2) is 18.2 Å². The Labute approximate surface area is 117 Å². The summed E-state index contributed by atoms with van der Waals surface area (Å²) in [6, 6.07) is 4.97. The Balaban J connectivity index is 2.22. The molecule has 6 nitrogen and oxygen atoms in total. The average molecular weight is 281 g/mol. The monoisotopic (exact) mass is 281 g/mol. The van der Waals surface area contributed by atoms with Crippen molar-refractivity contribution in [3.63, 3.8) is 0 Å². The van der Waals surface area contributed by atoms with Gasteiger partial charge in [-0.25, -0.2) is 0 Å². The SMILES string of the molecule is COc1cccc(CN2CCOCC2C(=O)O)c1OC. The van der Waals surface area contributed by atoms with E-state index in [9.17, 15) is 9.90 Å². The molecule has 1 atom stereocenters. The van der Waals surface area contributed by atoms with Gasteiger partial charge in [0.1, 0.15) is 6.04 Å². The third kappa shape index (κ3) is 3.02. The Morgan fingerprint density at radius 2 is 2.25 bits per heavy atom. The first-order valence-corrected chi connectivity index (χ1v) is 6.41. The summed E-state index contributed by atoms with van der Waals surface area (Å²) in [5.41, 5.74) is 0.903. The van der Waals surface area contributed by atoms with Gasteiger partial charge in [-0.3, -0.25) is 9.69 Å². The molecule has 0 radical (unpaired) electrons. The van der Waals surface area contributed by atoms with Crippen LogP contribution in [0.25, 0.3) is 0 Å². The van der Waals surface area contributed by atoms with Gasteiger partial charge in [0.05, 0.1) is 27.4 Å². The van der Waals surface area contributed by atoms with Gasteiger partial charge in [-0.15, -0.1) is 0 Å². The van der Waals surface area contributed by atoms with Crippen LogP contribution in [-0.4, -0.2) is 56.0 Å². The molecule has 0 bridgehead atoms. The maximum Gasteiger partial charge on any atom is 0.323 e. The highest BCUT2D eigenvalue weighted by molar-refractivity contribution is 5.73. The van der Waals surface area contributed by atoms with Crippen LogP contribution in [0, 0.1) is 0 Å². The van der Waals surface area contributed by atoms with Crippen LogP contribution in [0.5, 0.6) is 11.5 Å². The largest absolute Gasteiger partial charge is 0.493 e. The highest BCUT2D eigenvalue weighted by Gasteiger charge is 2.29. The van der Waals surface area contributed by atoms with Gasteiger partial charge < -0.3 is 19.3 Å². The van der Waals surface area contributed by atoms with Gasteiger partial charge in [0, 0.05) is 18.7 Å². The van der Waals surface area contributed by atoms with Crippen LogP contribution >= 0.6 is 0 Å². The molecule has 0 spiro atoms. The van der Waals surface area contributed by atoms with Crippen molar-refractivity contribution in [1.82, 2.24) is 4.90 Å². The summed E-state index contributed by atoms with van der Waals surface area (Å²) in [7, 11) is 3.16. The second-order valence-corrected chi connectivity index (χ2v) is 4.55. The Morgan fingerprint density at radius 1 is 1.45 bits per heavy atom. The molecule has 0 aliphatic carbocycles. The van der Waals surface area contributed by atoms with Crippen molar-refractivity contribution in [2.75, 3.05) is 34.0 Å². The number of benzene rings is 1. The molecule has 1 aliphatic heterocycles. The van der Waals surface area contributed by atoms with E-state index >= 15 is 0 Å². The number of hydrogen-bond acceptors (Lipinski definition) is 5. The van der Waals surface area contributed by atoms with Crippen LogP contribution in [0.3, 0.4) is 0 Å². The first kappa shape index (κ1) is 14.6. The van der Waals surface area contributed by atoms with E-state index < -0.39 is 12.0 Å². The van der Waals surface area contributed by atoms with Crippen LogP contribution in [0.2, 0.25) is 0 Å². The fourth-order valence-corrected chi connectivity index (χ4v) is 2.35. The predicted octanol–water partition coefficient (Wildman–Crippen LogP) is 0.989. The summed E-state index contributed by atoms with van der Waals surface area (Å²) in [4.78, 5) is 13.1. The molecule has 0 aromatic heterocycles. The van der Waals surface area contributed by atoms with Crippen LogP contribution < -0.4 is 9.47 Å². The number of hydrogen-bond donors (Lipinski definition) is 1. The molecule has 2 rings (SSSR count). The molecule has 110 valence electrons. The van der Waals surface area contributed by atoms with Crippen molar-refractivity contribution in [3.05, 3.63) is 23.8 Å². The van der Waals surface area contributed by atoms with Crippen molar-refractivity contribution < 1.29 is 24.1 Å². The number of morpholine rings is 1. The molecule has 1 aliphatic rings. The fraction of sp³-hybridized carbons (Fsp3) is 0.500. The molecule has 20 heavy (non-hydrogen) atoms. The number of ether oxygens (including phenoxy) is 3. The summed E-state index contributed by atoms with van der Waals surface area (Å²) in [6.45, 7) is 1.82. The molecule has 1 aromatic rings. The second kappa shape index (κ2) is 6.58. The minimum atomic E-state index is -0.869. The number of aliphatic carboxylic acids is 1. The third-order valence-electron chi connectivity index (χ3n) is 3.38. The number of carboxylic acids is 1. The summed E-state index contributed by atoms with van der Waals surface area (Å²) < 4.78 is 15.9. The van der Waals surface area contributed by atoms with E-state index in [1.165, 1.54) is 0 Å². The molecule has 1 aromatic carbocycles. The van der Waals surface area contributed by atoms with Gasteiger partial charge in [0.25, 0.3) is 0 Å². The number of para-hydroxylation sites is 1. The van der Waals surface area contributed by atoms with Crippen molar-refractivity contribution in [2.24, 2.45) is 0 Å². The molecule has 6 heteroatoms. The Bertz CT molecular complexity index is 477. The van der Waals surface area contributed by atoms with E-state index in [4.69, 9.17) is 14.2 Å². The molecule has 1 heterocycles. The Hall–Kier alpha value is -1.79. The molecule has 1 fully saturated rings. The molecule has 1 saturated heterocycles. The molecular weight excluding hydrogens is 262 g/mol. The van der Waals surface area contributed by atoms with Crippen LogP contribution in [0.1, 0.15) is 5.56 Å². The third-order valence-corrected chi connectivity index (χ3v) is 3.38. The van der Waals surface area contributed by atoms with Gasteiger partial charge >= 0.3 is 5.97 Å². The summed E-state index contributed by atoms with van der Waals surface area (Å²) in [5, 5.41) is 9.24. The standard InChI is InChI=1S/C14H19NO5/c1-18-12-5-3-4-10(13(12)19-2)8-15-6-7-20-9-11(15)14(16)17/h3-5,11H,6-9H2,1-2H3,(H,16,17). The Morgan fingerprint density at radius 3 is 2.90 bits per heavy atom. The summed E-state index contributed by atoms with van der Waals surface area (Å²) in [6.07, 6.45) is 0. The van der Waals surface area contributed by atoms with Crippen molar-refractivity contribution in [2.45, 2.75) is 12.6 Å². The van der Waals surface area contributed by atoms with E-state index in [0.29, 0.717) is 31.2 Å². The number of rotatable bonds is 5. The number of carboxylic acid groups (broad SMARTS) is 1. The van der Waals surface area contributed by atoms with Gasteiger partial charge in [-0.2, -0.15) is 0 Å². The normalized spacial score (nSPS) is 19.6. The van der Waals surface area contributed by atoms with Crippen molar-refractivity contribution >= 4 is 5.97 Å². The lowest BCUT2D eigenvalue weighted by Crippen LogP contribution is -2.49. The van der Waals surface area contributed by atoms with E-state index in [1.54, 1.807) is 14.2 Å². The zero-order valence-corrected chi connectivity index (χ0v) is 11.7. The Kier molecular flexibility index (Phi) is 4.81. The minimum absolute atomic E-state index is 0.210. The number of nitrogens with zero attached hydrogens (tertiary/aromatic N) is 1. The van der Waals surface area contributed by atoms with Gasteiger partial charge in [-0.05, 0) is 6.07 Å². The lowest BCUT2D eigenvalue weighted by Gasteiger charge is -2.33. The number of carbonyl (C=O) groups is 1. The molecule has 1 N–H and O–H groups in total. The number of methoxy groups -OCH3 is 2. The van der Waals surface area contributed by atoms with E-state index in [2.05, 4.69) is 0 Å². The lowest BCUT2D eigenvalue weighted by molar-refractivity contribution is -0.150. The summed E-state index contributed by atoms with van der Waals surface area (Å²) >= 11 is 0. The fourth-order valence-electron chi connectivity index (χ4n) is 2.35. The van der Waals surface area contributed by atoms with Crippen molar-refractivity contribution in [3.8, 4) is 11.5 Å². The smallest absolute Gasteiger partial charge is 0.323 e. The molecule has 0 saturated carbocycles. The lowest BCUT2D eigenvalue weighted by atomic mass is 10.1. The van der Waals surface area contributed by atoms with E-state index in [1.807, 2.05) is 23.1 Å². The highest BCUT2D eigenvalue weighted by atomic mass is 16.5. The van der Waals surface area contributed by atoms with Crippen molar-refractivity contribution in [1.29, 1.82) is 0 Å². The topological polar surface area (TPSA) is 68.2 Å². The quantitative estimate of drug-likeness (QED) is 0.868. The predicted molar refractivity (Wildman–Crippen MR) is 72.2 cm³/mol. The molecule has 0 amide bonds. The van der Waals surface area contributed by atoms with E-state index in [-0.39, 0.29) is 6.61 Å². The molecule has 1 unspecified atom stereocenters. The zero-order valence-electron chi connectivity index (χ0n) is 11.7. The van der Waals surface area contributed by atoms with Gasteiger partial charge in [-0.1, -0.05) is 12.1 Å². The highest BCUT2D eigenvalue weighted by Crippen LogP contribution is 2.32. The maximum atomic E-state index is 11.3. The maximum absolute atomic E-state index is 11.3. The zero-order chi connectivity index (χ0) is 14.5. The second-order valence-electron chi connectivity index (χ2n) is 4.55. The van der Waals surface area contributed by atoms with Gasteiger partial charge in [0.2, 0.25) is 0 Å². The van der Waals surface area contributed by atoms with E-state index in [0.717, 1.165) is 5.56 Å². The molecular formula is C14H19NO5. The van der Waals surface area contributed by atoms with Crippen LogP contribution in [-0.2, 0) is 16.1 Å². The first-order chi connectivity index (χ1) is 9.67.